The van der Waals surface area contributed by atoms with E-state index < -0.39 is 15.4 Å². The molecule has 0 amide bonds. The van der Waals surface area contributed by atoms with Crippen molar-refractivity contribution in [1.82, 2.24) is 10.2 Å². The van der Waals surface area contributed by atoms with Gasteiger partial charge in [0.2, 0.25) is 9.84 Å². The number of hydrogen-bond donors (Lipinski definition) is 1. The lowest BCUT2D eigenvalue weighted by molar-refractivity contribution is 0.589. The molecular weight excluding hydrogens is 299 g/mol. The highest BCUT2D eigenvalue weighted by Gasteiger charge is 2.23. The van der Waals surface area contributed by atoms with Crippen molar-refractivity contribution >= 4 is 33.0 Å². The van der Waals surface area contributed by atoms with E-state index in [-0.39, 0.29) is 20.0 Å². The van der Waals surface area contributed by atoms with Crippen LogP contribution < -0.4 is 5.56 Å². The lowest BCUT2D eigenvalue weighted by Gasteiger charge is -2.06. The fourth-order valence-electron chi connectivity index (χ4n) is 1.29. The van der Waals surface area contributed by atoms with Gasteiger partial charge in [-0.15, -0.1) is 0 Å². The summed E-state index contributed by atoms with van der Waals surface area (Å²) in [6.07, 6.45) is 0. The molecule has 1 aromatic carbocycles. The fraction of sp³-hybridized carbons (Fsp3) is 0. The minimum atomic E-state index is -3.91. The van der Waals surface area contributed by atoms with Crippen LogP contribution in [-0.2, 0) is 9.84 Å². The van der Waals surface area contributed by atoms with Gasteiger partial charge in [0.15, 0.2) is 5.03 Å². The number of nitrogens with one attached hydrogen (secondary N) is 1. The van der Waals surface area contributed by atoms with Crippen LogP contribution in [0.25, 0.3) is 0 Å². The summed E-state index contributed by atoms with van der Waals surface area (Å²) in [5.41, 5.74) is -0.494. The molecule has 0 spiro atoms. The van der Waals surface area contributed by atoms with Gasteiger partial charge in [0, 0.05) is 6.07 Å². The maximum Gasteiger partial charge on any atom is 0.264 e. The molecule has 0 aliphatic rings. The van der Waals surface area contributed by atoms with E-state index in [9.17, 15) is 13.2 Å². The maximum absolute atomic E-state index is 12.2. The van der Waals surface area contributed by atoms with Crippen molar-refractivity contribution in [2.45, 2.75) is 9.92 Å². The minimum absolute atomic E-state index is 0.0767. The van der Waals surface area contributed by atoms with Crippen molar-refractivity contribution < 1.29 is 8.42 Å². The first-order valence-electron chi connectivity index (χ1n) is 4.68. The molecule has 0 unspecified atom stereocenters. The molecule has 2 aromatic rings. The van der Waals surface area contributed by atoms with E-state index in [1.165, 1.54) is 18.2 Å². The lowest BCUT2D eigenvalue weighted by atomic mass is 10.4. The highest BCUT2D eigenvalue weighted by atomic mass is 35.5. The van der Waals surface area contributed by atoms with E-state index in [0.29, 0.717) is 0 Å². The topological polar surface area (TPSA) is 79.9 Å². The highest BCUT2D eigenvalue weighted by molar-refractivity contribution is 7.91. The molecule has 0 atom stereocenters. The van der Waals surface area contributed by atoms with E-state index in [1.807, 2.05) is 5.10 Å². The average molecular weight is 305 g/mol. The first-order chi connectivity index (χ1) is 8.43. The standard InChI is InChI=1S/C10H6Cl2N2O3S/c11-6-2-1-3-7(10(6)12)18(16,17)9-5-4-8(15)13-14-9/h1-5H,(H,13,15). The Labute approximate surface area is 112 Å². The van der Waals surface area contributed by atoms with Gasteiger partial charge in [0.05, 0.1) is 14.9 Å². The van der Waals surface area contributed by atoms with Crippen molar-refractivity contribution in [3.8, 4) is 0 Å². The van der Waals surface area contributed by atoms with Crippen molar-refractivity contribution in [3.05, 3.63) is 50.7 Å². The van der Waals surface area contributed by atoms with Gasteiger partial charge in [-0.25, -0.2) is 13.5 Å². The molecule has 0 aliphatic carbocycles. The molecule has 94 valence electrons. The minimum Gasteiger partial charge on any atom is -0.268 e. The average Bonchev–Trinajstić information content (AvgIpc) is 2.33. The predicted octanol–water partition coefficient (Wildman–Crippen LogP) is 1.91. The Morgan fingerprint density at radius 1 is 1.11 bits per heavy atom. The third-order valence-electron chi connectivity index (χ3n) is 2.13. The largest absolute Gasteiger partial charge is 0.268 e. The zero-order valence-corrected chi connectivity index (χ0v) is 11.1. The maximum atomic E-state index is 12.2. The zero-order chi connectivity index (χ0) is 13.3. The molecule has 1 aromatic heterocycles. The molecule has 2 rings (SSSR count). The molecule has 0 radical (unpaired) electrons. The summed E-state index contributed by atoms with van der Waals surface area (Å²) in [6.45, 7) is 0. The first-order valence-corrected chi connectivity index (χ1v) is 6.91. The quantitative estimate of drug-likeness (QED) is 0.919. The van der Waals surface area contributed by atoms with E-state index in [1.54, 1.807) is 0 Å². The molecule has 0 aliphatic heterocycles. The number of hydrogen-bond acceptors (Lipinski definition) is 4. The Balaban J connectivity index is 2.65. The van der Waals surface area contributed by atoms with E-state index in [0.717, 1.165) is 12.1 Å². The molecule has 1 N–H and O–H groups in total. The summed E-state index contributed by atoms with van der Waals surface area (Å²) < 4.78 is 24.4. The molecule has 1 heterocycles. The van der Waals surface area contributed by atoms with E-state index in [4.69, 9.17) is 23.2 Å². The number of aromatic nitrogens is 2. The van der Waals surface area contributed by atoms with Gasteiger partial charge in [-0.1, -0.05) is 29.3 Å². The van der Waals surface area contributed by atoms with Crippen molar-refractivity contribution in [3.63, 3.8) is 0 Å². The van der Waals surface area contributed by atoms with Crippen molar-refractivity contribution in [1.29, 1.82) is 0 Å². The molecule has 5 nitrogen and oxygen atoms in total. The Morgan fingerprint density at radius 3 is 2.44 bits per heavy atom. The van der Waals surface area contributed by atoms with Gasteiger partial charge in [-0.05, 0) is 18.2 Å². The molecular formula is C10H6Cl2N2O3S. The Morgan fingerprint density at radius 2 is 1.83 bits per heavy atom. The second kappa shape index (κ2) is 4.72. The van der Waals surface area contributed by atoms with Crippen LogP contribution in [-0.4, -0.2) is 18.6 Å². The number of nitrogens with zero attached hydrogens (tertiary/aromatic N) is 1. The number of benzene rings is 1. The van der Waals surface area contributed by atoms with Crippen LogP contribution in [0, 0.1) is 0 Å². The second-order valence-electron chi connectivity index (χ2n) is 3.31. The Bertz CT molecular complexity index is 735. The van der Waals surface area contributed by atoms with Crippen LogP contribution >= 0.6 is 23.2 Å². The number of H-pyrrole nitrogens is 1. The fourth-order valence-corrected chi connectivity index (χ4v) is 3.19. The lowest BCUT2D eigenvalue weighted by Crippen LogP contribution is -2.12. The SMILES string of the molecule is O=c1ccc(S(=O)(=O)c2cccc(Cl)c2Cl)n[nH]1. The molecule has 0 fully saturated rings. The molecule has 0 saturated carbocycles. The van der Waals surface area contributed by atoms with Gasteiger partial charge >= 0.3 is 0 Å². The zero-order valence-electron chi connectivity index (χ0n) is 8.72. The summed E-state index contributed by atoms with van der Waals surface area (Å²) in [6, 6.07) is 6.43. The summed E-state index contributed by atoms with van der Waals surface area (Å²) >= 11 is 11.6. The molecule has 0 saturated heterocycles. The third-order valence-corrected chi connectivity index (χ3v) is 4.76. The van der Waals surface area contributed by atoms with Gasteiger partial charge in [0.1, 0.15) is 0 Å². The third kappa shape index (κ3) is 2.27. The second-order valence-corrected chi connectivity index (χ2v) is 5.96. The molecule has 0 bridgehead atoms. The van der Waals surface area contributed by atoms with Gasteiger partial charge in [0.25, 0.3) is 5.56 Å². The first kappa shape index (κ1) is 13.1. The number of sulfone groups is 1. The normalized spacial score (nSPS) is 11.4. The number of aromatic amines is 1. The summed E-state index contributed by atoms with van der Waals surface area (Å²) in [5, 5.41) is 5.27. The van der Waals surface area contributed by atoms with Gasteiger partial charge in [-0.3, -0.25) is 4.79 Å². The summed E-state index contributed by atoms with van der Waals surface area (Å²) in [5.74, 6) is 0. The molecule has 18 heavy (non-hydrogen) atoms. The van der Waals surface area contributed by atoms with Crippen LogP contribution in [0.3, 0.4) is 0 Å². The van der Waals surface area contributed by atoms with E-state index >= 15 is 0 Å². The van der Waals surface area contributed by atoms with Crippen molar-refractivity contribution in [2.24, 2.45) is 0 Å². The molecule has 8 heteroatoms. The monoisotopic (exact) mass is 304 g/mol. The highest BCUT2D eigenvalue weighted by Crippen LogP contribution is 2.31. The summed E-state index contributed by atoms with van der Waals surface area (Å²) in [7, 11) is -3.91. The number of halogens is 2. The van der Waals surface area contributed by atoms with Crippen LogP contribution in [0.5, 0.6) is 0 Å². The van der Waals surface area contributed by atoms with E-state index in [2.05, 4.69) is 5.10 Å². The van der Waals surface area contributed by atoms with Crippen LogP contribution in [0.15, 0.2) is 45.0 Å². The smallest absolute Gasteiger partial charge is 0.264 e. The van der Waals surface area contributed by atoms with Crippen molar-refractivity contribution in [2.75, 3.05) is 0 Å². The Hall–Kier alpha value is -1.37. The van der Waals surface area contributed by atoms with Gasteiger partial charge in [-0.2, -0.15) is 5.10 Å². The number of rotatable bonds is 2. The van der Waals surface area contributed by atoms with Crippen LogP contribution in [0.4, 0.5) is 0 Å². The Kier molecular flexibility index (Phi) is 3.43. The summed E-state index contributed by atoms with van der Waals surface area (Å²) in [4.78, 5) is 10.7. The van der Waals surface area contributed by atoms with Gasteiger partial charge < -0.3 is 0 Å². The van der Waals surface area contributed by atoms with Crippen LogP contribution in [0.2, 0.25) is 10.0 Å². The van der Waals surface area contributed by atoms with Crippen LogP contribution in [0.1, 0.15) is 0 Å². The predicted molar refractivity (Wildman–Crippen MR) is 66.8 cm³/mol.